The molecule has 0 radical (unpaired) electrons. The van der Waals surface area contributed by atoms with E-state index in [-0.39, 0.29) is 47.4 Å². The molecule has 0 aromatic heterocycles. The van der Waals surface area contributed by atoms with Crippen molar-refractivity contribution in [2.24, 2.45) is 0 Å². The molecule has 24 heavy (non-hydrogen) atoms. The summed E-state index contributed by atoms with van der Waals surface area (Å²) in [5.74, 6) is -1.53. The Hall–Kier alpha value is -2.34. The Morgan fingerprint density at radius 1 is 1.17 bits per heavy atom. The van der Waals surface area contributed by atoms with Crippen LogP contribution in [0.15, 0.2) is 24.3 Å². The lowest BCUT2D eigenvalue weighted by atomic mass is 9.99. The number of phenolic OH excluding ortho intramolecular Hbond substituents is 2. The lowest BCUT2D eigenvalue weighted by molar-refractivity contribution is -0.114. The Labute approximate surface area is 139 Å². The van der Waals surface area contributed by atoms with Crippen LogP contribution >= 0.6 is 0 Å². The fourth-order valence-electron chi connectivity index (χ4n) is 3.02. The van der Waals surface area contributed by atoms with Crippen molar-refractivity contribution in [1.29, 1.82) is 0 Å². The van der Waals surface area contributed by atoms with Crippen molar-refractivity contribution in [2.75, 3.05) is 0 Å². The topological polar surface area (TPSA) is 96.4 Å². The number of hydrogen-bond acceptors (Lipinski definition) is 6. The molecule has 3 rings (SSSR count). The maximum Gasteiger partial charge on any atom is 0.342 e. The van der Waals surface area contributed by atoms with Crippen molar-refractivity contribution in [3.05, 3.63) is 35.4 Å². The van der Waals surface area contributed by atoms with Crippen LogP contribution in [0.3, 0.4) is 0 Å². The lowest BCUT2D eigenvalue weighted by Gasteiger charge is -2.15. The lowest BCUT2D eigenvalue weighted by Crippen LogP contribution is -2.19. The molecular formula is C18H20O6. The van der Waals surface area contributed by atoms with E-state index in [0.717, 1.165) is 18.9 Å². The van der Waals surface area contributed by atoms with Crippen LogP contribution in [-0.2, 0) is 20.7 Å². The Balaban J connectivity index is 1.92. The van der Waals surface area contributed by atoms with Gasteiger partial charge in [0.1, 0.15) is 23.2 Å². The van der Waals surface area contributed by atoms with Crippen molar-refractivity contribution < 1.29 is 29.3 Å². The van der Waals surface area contributed by atoms with E-state index >= 15 is 0 Å². The van der Waals surface area contributed by atoms with Gasteiger partial charge in [-0.1, -0.05) is 6.08 Å². The zero-order valence-electron chi connectivity index (χ0n) is 13.4. The van der Waals surface area contributed by atoms with Crippen LogP contribution in [-0.4, -0.2) is 40.3 Å². The molecule has 6 nitrogen and oxygen atoms in total. The first kappa shape index (κ1) is 16.5. The highest BCUT2D eigenvalue weighted by atomic mass is 16.6. The number of rotatable bonds is 0. The molecule has 1 fully saturated rings. The number of carbonyl (C=O) groups excluding carboxylic acids is 2. The first-order chi connectivity index (χ1) is 11.4. The summed E-state index contributed by atoms with van der Waals surface area (Å²) in [5, 5.41) is 19.7. The Bertz CT molecular complexity index is 693. The Morgan fingerprint density at radius 2 is 1.96 bits per heavy atom. The number of hydrogen-bond donors (Lipinski definition) is 2. The smallest absolute Gasteiger partial charge is 0.342 e. The first-order valence-electron chi connectivity index (χ1n) is 8.04. The molecule has 0 amide bonds. The standard InChI is InChI=1S/C18H20O6/c1-10-6-16-15(24-16)5-3-2-4-12(19)7-11-8-13(20)9-14(21)17(11)18(22)23-10/h2,4,8-10,15-16,20-21H,3,5-7H2,1H3/b4-2+/t10-,15+,16+/m0/s1. The summed E-state index contributed by atoms with van der Waals surface area (Å²) in [4.78, 5) is 24.5. The molecule has 1 saturated heterocycles. The summed E-state index contributed by atoms with van der Waals surface area (Å²) >= 11 is 0. The number of cyclic esters (lactones) is 1. The normalized spacial score (nSPS) is 29.0. The Kier molecular flexibility index (Phi) is 4.57. The van der Waals surface area contributed by atoms with Gasteiger partial charge in [0, 0.05) is 18.9 Å². The molecule has 2 aliphatic heterocycles. The SMILES string of the molecule is C[C@H]1C[C@H]2O[C@@H]2CC/C=C/C(=O)Cc2cc(O)cc(O)c2C(=O)O1. The maximum absolute atomic E-state index is 12.4. The van der Waals surface area contributed by atoms with Crippen molar-refractivity contribution in [3.63, 3.8) is 0 Å². The fraction of sp³-hybridized carbons (Fsp3) is 0.444. The number of fused-ring (bicyclic) bond motifs is 2. The minimum Gasteiger partial charge on any atom is -0.508 e. The number of esters is 1. The number of benzene rings is 1. The summed E-state index contributed by atoms with van der Waals surface area (Å²) in [6.45, 7) is 1.77. The molecule has 128 valence electrons. The van der Waals surface area contributed by atoms with E-state index in [4.69, 9.17) is 9.47 Å². The van der Waals surface area contributed by atoms with Gasteiger partial charge >= 0.3 is 5.97 Å². The molecule has 0 saturated carbocycles. The zero-order chi connectivity index (χ0) is 17.3. The van der Waals surface area contributed by atoms with Gasteiger partial charge in [-0.25, -0.2) is 4.79 Å². The number of aromatic hydroxyl groups is 2. The zero-order valence-corrected chi connectivity index (χ0v) is 13.4. The van der Waals surface area contributed by atoms with Crippen molar-refractivity contribution >= 4 is 11.8 Å². The fourth-order valence-corrected chi connectivity index (χ4v) is 3.02. The van der Waals surface area contributed by atoms with E-state index in [1.165, 1.54) is 12.1 Å². The number of allylic oxidation sites excluding steroid dienone is 2. The van der Waals surface area contributed by atoms with Crippen molar-refractivity contribution in [3.8, 4) is 11.5 Å². The van der Waals surface area contributed by atoms with Crippen LogP contribution in [0.4, 0.5) is 0 Å². The average molecular weight is 332 g/mol. The highest BCUT2D eigenvalue weighted by molar-refractivity contribution is 5.98. The van der Waals surface area contributed by atoms with Gasteiger partial charge in [-0.3, -0.25) is 4.79 Å². The van der Waals surface area contributed by atoms with Crippen LogP contribution in [0, 0.1) is 0 Å². The van der Waals surface area contributed by atoms with Crippen LogP contribution < -0.4 is 0 Å². The molecule has 0 unspecified atom stereocenters. The van der Waals surface area contributed by atoms with Crippen molar-refractivity contribution in [2.45, 2.75) is 50.9 Å². The monoisotopic (exact) mass is 332 g/mol. The van der Waals surface area contributed by atoms with Gasteiger partial charge in [-0.15, -0.1) is 0 Å². The summed E-state index contributed by atoms with van der Waals surface area (Å²) in [6, 6.07) is 2.37. The number of phenols is 2. The predicted molar refractivity (Wildman–Crippen MR) is 85.0 cm³/mol. The molecule has 2 aliphatic rings. The van der Waals surface area contributed by atoms with E-state index in [9.17, 15) is 19.8 Å². The number of ether oxygens (including phenoxy) is 2. The minimum absolute atomic E-state index is 0.0627. The highest BCUT2D eigenvalue weighted by Crippen LogP contribution is 2.33. The van der Waals surface area contributed by atoms with E-state index in [0.29, 0.717) is 6.42 Å². The molecule has 0 spiro atoms. The van der Waals surface area contributed by atoms with Gasteiger partial charge in [0.25, 0.3) is 0 Å². The van der Waals surface area contributed by atoms with Gasteiger partial charge in [0.2, 0.25) is 0 Å². The third-order valence-electron chi connectivity index (χ3n) is 4.23. The second kappa shape index (κ2) is 6.65. The highest BCUT2D eigenvalue weighted by Gasteiger charge is 2.39. The van der Waals surface area contributed by atoms with E-state index < -0.39 is 11.7 Å². The predicted octanol–water partition coefficient (Wildman–Crippen LogP) is 2.26. The molecule has 6 heteroatoms. The van der Waals surface area contributed by atoms with Crippen LogP contribution in [0.5, 0.6) is 11.5 Å². The second-order valence-electron chi connectivity index (χ2n) is 6.29. The van der Waals surface area contributed by atoms with E-state index in [1.807, 2.05) is 0 Å². The first-order valence-corrected chi connectivity index (χ1v) is 8.04. The summed E-state index contributed by atoms with van der Waals surface area (Å²) in [5.41, 5.74) is 0.170. The van der Waals surface area contributed by atoms with Gasteiger partial charge < -0.3 is 19.7 Å². The molecule has 0 aliphatic carbocycles. The second-order valence-corrected chi connectivity index (χ2v) is 6.29. The van der Waals surface area contributed by atoms with Gasteiger partial charge in [0.15, 0.2) is 5.78 Å². The van der Waals surface area contributed by atoms with E-state index in [2.05, 4.69) is 0 Å². The summed E-state index contributed by atoms with van der Waals surface area (Å²) in [6.07, 6.45) is 5.14. The molecular weight excluding hydrogens is 312 g/mol. The van der Waals surface area contributed by atoms with E-state index in [1.54, 1.807) is 13.0 Å². The van der Waals surface area contributed by atoms with Crippen LogP contribution in [0.2, 0.25) is 0 Å². The molecule has 0 bridgehead atoms. The molecule has 1 aromatic carbocycles. The van der Waals surface area contributed by atoms with Gasteiger partial charge in [0.05, 0.1) is 12.2 Å². The number of ketones is 1. The maximum atomic E-state index is 12.4. The number of epoxide rings is 1. The van der Waals surface area contributed by atoms with Gasteiger partial charge in [-0.05, 0) is 37.5 Å². The molecule has 1 aromatic rings. The van der Waals surface area contributed by atoms with Crippen LogP contribution in [0.1, 0.15) is 42.1 Å². The molecule has 2 heterocycles. The Morgan fingerprint density at radius 3 is 2.75 bits per heavy atom. The van der Waals surface area contributed by atoms with Crippen LogP contribution in [0.25, 0.3) is 0 Å². The quantitative estimate of drug-likeness (QED) is 0.559. The summed E-state index contributed by atoms with van der Waals surface area (Å²) in [7, 11) is 0. The third kappa shape index (κ3) is 3.76. The molecule has 2 N–H and O–H groups in total. The third-order valence-corrected chi connectivity index (χ3v) is 4.23. The largest absolute Gasteiger partial charge is 0.508 e. The number of carbonyl (C=O) groups is 2. The van der Waals surface area contributed by atoms with Crippen molar-refractivity contribution in [1.82, 2.24) is 0 Å². The summed E-state index contributed by atoms with van der Waals surface area (Å²) < 4.78 is 10.9. The average Bonchev–Trinajstić information content (AvgIpc) is 3.19. The molecule has 3 atom stereocenters. The van der Waals surface area contributed by atoms with Gasteiger partial charge in [-0.2, -0.15) is 0 Å². The minimum atomic E-state index is -0.707.